The first-order valence-corrected chi connectivity index (χ1v) is 13.4. The van der Waals surface area contributed by atoms with Crippen molar-refractivity contribution in [3.63, 3.8) is 0 Å². The van der Waals surface area contributed by atoms with Gasteiger partial charge in [0.1, 0.15) is 6.61 Å². The third-order valence-corrected chi connectivity index (χ3v) is 8.58. The molecule has 3 aromatic rings. The van der Waals surface area contributed by atoms with Crippen LogP contribution in [0.25, 0.3) is 21.7 Å². The first-order valence-electron chi connectivity index (χ1n) is 13.4. The molecule has 2 aromatic carbocycles. The molecule has 0 bridgehead atoms. The van der Waals surface area contributed by atoms with Gasteiger partial charge in [-0.2, -0.15) is 0 Å². The van der Waals surface area contributed by atoms with E-state index in [9.17, 15) is 19.8 Å². The largest absolute Gasteiger partial charge is 0.458 e. The molecule has 0 saturated heterocycles. The number of cyclic esters (lactones) is 1. The second-order valence-corrected chi connectivity index (χ2v) is 10.6. The zero-order valence-electron chi connectivity index (χ0n) is 21.6. The highest BCUT2D eigenvalue weighted by Crippen LogP contribution is 2.49. The molecular weight excluding hydrogens is 498 g/mol. The molecule has 7 rings (SSSR count). The molecule has 0 spiro atoms. The van der Waals surface area contributed by atoms with Gasteiger partial charge in [0.25, 0.3) is 5.91 Å². The highest BCUT2D eigenvalue weighted by molar-refractivity contribution is 6.08. The van der Waals surface area contributed by atoms with Gasteiger partial charge in [-0.05, 0) is 40.8 Å². The van der Waals surface area contributed by atoms with E-state index >= 15 is 0 Å². The Balaban J connectivity index is 1.39. The van der Waals surface area contributed by atoms with Gasteiger partial charge in [-0.3, -0.25) is 9.78 Å². The van der Waals surface area contributed by atoms with Crippen molar-refractivity contribution in [1.82, 2.24) is 20.3 Å². The lowest BCUT2D eigenvalue weighted by Gasteiger charge is -2.41. The summed E-state index contributed by atoms with van der Waals surface area (Å²) in [7, 11) is 0. The van der Waals surface area contributed by atoms with Gasteiger partial charge >= 0.3 is 5.97 Å². The van der Waals surface area contributed by atoms with Gasteiger partial charge in [0.05, 0.1) is 41.3 Å². The number of aliphatic hydroxyl groups is 2. The molecule has 2 atom stereocenters. The molecule has 10 nitrogen and oxygen atoms in total. The Bertz CT molecular complexity index is 1630. The van der Waals surface area contributed by atoms with Gasteiger partial charge in [-0.25, -0.2) is 15.2 Å². The smallest absolute Gasteiger partial charge is 0.342 e. The van der Waals surface area contributed by atoms with Crippen molar-refractivity contribution in [2.24, 2.45) is 0 Å². The molecule has 10 heteroatoms. The van der Waals surface area contributed by atoms with Crippen LogP contribution in [0.1, 0.15) is 49.0 Å². The Morgan fingerprint density at radius 3 is 2.90 bits per heavy atom. The molecule has 0 fully saturated rings. The van der Waals surface area contributed by atoms with Crippen LogP contribution in [0.5, 0.6) is 0 Å². The molecule has 39 heavy (non-hydrogen) atoms. The third-order valence-electron chi connectivity index (χ3n) is 8.58. The Morgan fingerprint density at radius 1 is 1.23 bits per heavy atom. The van der Waals surface area contributed by atoms with Crippen molar-refractivity contribution in [3.8, 4) is 0 Å². The number of esters is 1. The highest BCUT2D eigenvalue weighted by Gasteiger charge is 2.52. The van der Waals surface area contributed by atoms with E-state index in [1.807, 2.05) is 34.8 Å². The number of pyridine rings is 1. The molecule has 4 aliphatic rings. The van der Waals surface area contributed by atoms with E-state index in [1.165, 1.54) is 0 Å². The van der Waals surface area contributed by atoms with Crippen molar-refractivity contribution in [2.75, 3.05) is 13.2 Å². The van der Waals surface area contributed by atoms with Crippen molar-refractivity contribution in [3.05, 3.63) is 76.3 Å². The number of fused-ring (bicyclic) bond motifs is 6. The molecule has 1 aromatic heterocycles. The van der Waals surface area contributed by atoms with Crippen LogP contribution in [0, 0.1) is 0 Å². The Kier molecular flexibility index (Phi) is 5.41. The number of benzene rings is 2. The minimum atomic E-state index is -1.79. The predicted octanol–water partition coefficient (Wildman–Crippen LogP) is 1.19. The predicted molar refractivity (Wildman–Crippen MR) is 141 cm³/mol. The second kappa shape index (κ2) is 8.77. The number of nitrogens with two attached hydrogens (primary N) is 1. The minimum absolute atomic E-state index is 0.0610. The summed E-state index contributed by atoms with van der Waals surface area (Å²) in [4.78, 5) is 33.3. The average molecular weight is 529 g/mol. The van der Waals surface area contributed by atoms with Crippen molar-refractivity contribution >= 4 is 33.6 Å². The number of aromatic nitrogens is 1. The van der Waals surface area contributed by atoms with Crippen LogP contribution >= 0.6 is 0 Å². The maximum absolute atomic E-state index is 13.8. The number of rotatable bonds is 5. The number of hydrogen-bond donors (Lipinski definition) is 4. The summed E-state index contributed by atoms with van der Waals surface area (Å²) in [6.45, 7) is 2.62. The van der Waals surface area contributed by atoms with Crippen LogP contribution in [0.4, 0.5) is 0 Å². The van der Waals surface area contributed by atoms with Gasteiger partial charge in [0.15, 0.2) is 5.60 Å². The number of hydrogen-bond acceptors (Lipinski definition) is 8. The molecule has 4 aliphatic heterocycles. The summed E-state index contributed by atoms with van der Waals surface area (Å²) in [6, 6.07) is 12.0. The van der Waals surface area contributed by atoms with Gasteiger partial charge in [0.2, 0.25) is 0 Å². The topological polar surface area (TPSA) is 132 Å². The average Bonchev–Trinajstić information content (AvgIpc) is 3.55. The van der Waals surface area contributed by atoms with Crippen molar-refractivity contribution in [2.45, 2.75) is 50.9 Å². The van der Waals surface area contributed by atoms with Crippen molar-refractivity contribution < 1.29 is 30.1 Å². The van der Waals surface area contributed by atoms with E-state index in [0.717, 1.165) is 44.2 Å². The van der Waals surface area contributed by atoms with E-state index in [2.05, 4.69) is 28.6 Å². The summed E-state index contributed by atoms with van der Waals surface area (Å²) in [5.74, 6) is -0.901. The van der Waals surface area contributed by atoms with E-state index in [-0.39, 0.29) is 31.6 Å². The van der Waals surface area contributed by atoms with E-state index < -0.39 is 11.6 Å². The van der Waals surface area contributed by atoms with Gasteiger partial charge in [-0.15, -0.1) is 5.53 Å². The van der Waals surface area contributed by atoms with Gasteiger partial charge in [0, 0.05) is 30.5 Å². The monoisotopic (exact) mass is 528 g/mol. The lowest BCUT2D eigenvalue weighted by Crippen LogP contribution is -2.96. The highest BCUT2D eigenvalue weighted by atomic mass is 16.6. The number of ether oxygens (including phenoxy) is 1. The number of amides is 1. The zero-order chi connectivity index (χ0) is 26.9. The zero-order valence-corrected chi connectivity index (χ0v) is 21.6. The number of nitrogens with zero attached hydrogens (tertiary/aromatic N) is 3. The summed E-state index contributed by atoms with van der Waals surface area (Å²) in [6.07, 6.45) is 3.02. The van der Waals surface area contributed by atoms with Gasteiger partial charge < -0.3 is 19.8 Å². The van der Waals surface area contributed by atoms with Crippen LogP contribution in [-0.4, -0.2) is 55.8 Å². The van der Waals surface area contributed by atoms with Gasteiger partial charge in [-0.1, -0.05) is 37.3 Å². The van der Waals surface area contributed by atoms with Crippen LogP contribution in [0.15, 0.2) is 59.4 Å². The lowest BCUT2D eigenvalue weighted by molar-refractivity contribution is -0.826. The molecule has 5 N–H and O–H groups in total. The summed E-state index contributed by atoms with van der Waals surface area (Å²) < 4.78 is 5.25. The number of nitrogens with one attached hydrogen (secondary N) is 1. The second-order valence-electron chi connectivity index (χ2n) is 10.6. The maximum Gasteiger partial charge on any atom is 0.342 e. The SMILES string of the molecule is CC[C@@]1(O)C(=O)OCC2=C1CC1c3nc4ccc5ccccc5c4c(CN4C=C(CCO)N[NH2+]4)c3CN1C2=O. The van der Waals surface area contributed by atoms with Crippen LogP contribution in [0.2, 0.25) is 0 Å². The Hall–Kier alpha value is -3.99. The molecule has 0 aliphatic carbocycles. The van der Waals surface area contributed by atoms with E-state index in [0.29, 0.717) is 37.1 Å². The lowest BCUT2D eigenvalue weighted by atomic mass is 9.79. The fourth-order valence-corrected chi connectivity index (χ4v) is 6.54. The molecule has 5 heterocycles. The number of carbonyl (C=O) groups is 2. The summed E-state index contributed by atoms with van der Waals surface area (Å²) in [5.41, 5.74) is 8.87. The summed E-state index contributed by atoms with van der Waals surface area (Å²) >= 11 is 0. The normalized spacial score (nSPS) is 24.1. The number of quaternary nitrogens is 1. The number of aliphatic hydroxyl groups excluding tert-OH is 1. The third kappa shape index (κ3) is 3.48. The van der Waals surface area contributed by atoms with Crippen LogP contribution in [-0.2, 0) is 27.4 Å². The Morgan fingerprint density at radius 2 is 2.08 bits per heavy atom. The summed E-state index contributed by atoms with van der Waals surface area (Å²) in [5, 5.41) is 26.0. The Labute approximate surface area is 224 Å². The molecule has 1 unspecified atom stereocenters. The maximum atomic E-state index is 13.8. The first kappa shape index (κ1) is 24.1. The van der Waals surface area contributed by atoms with Crippen molar-refractivity contribution in [1.29, 1.82) is 0 Å². The fraction of sp³-hybridized carbons (Fsp3) is 0.345. The quantitative estimate of drug-likeness (QED) is 0.221. The number of carbonyl (C=O) groups excluding carboxylic acids is 2. The minimum Gasteiger partial charge on any atom is -0.458 e. The first-order chi connectivity index (χ1) is 18.9. The van der Waals surface area contributed by atoms with E-state index in [4.69, 9.17) is 9.72 Å². The molecule has 1 amide bonds. The van der Waals surface area contributed by atoms with E-state index in [1.54, 1.807) is 6.92 Å². The standard InChI is InChI=1S/C29H29N5O5/c1-2-29(38)22-11-24-26-20(14-34(24)27(36)21(22)15-39-28(29)37)19(13-33-12-17(9-10-35)31-32-33)25-18-6-4-3-5-16(18)7-8-23(25)30-26/h3-8,12,24,31-32,35,38H,2,9-11,13-15H2,1H3/p+1/t24?,29-/m0/s1. The molecule has 0 radical (unpaired) electrons. The van der Waals surface area contributed by atoms with Crippen LogP contribution < -0.4 is 11.0 Å². The molecule has 0 saturated carbocycles. The molecule has 200 valence electrons. The van der Waals surface area contributed by atoms with Crippen LogP contribution in [0.3, 0.4) is 0 Å². The molecular formula is C29H30N5O5+. The fourth-order valence-electron chi connectivity index (χ4n) is 6.54.